The maximum Gasteiger partial charge on any atom is 0.0187 e. The Labute approximate surface area is 111 Å². The lowest BCUT2D eigenvalue weighted by Gasteiger charge is -2.16. The lowest BCUT2D eigenvalue weighted by Crippen LogP contribution is -2.01. The fourth-order valence-corrected chi connectivity index (χ4v) is 3.81. The summed E-state index contributed by atoms with van der Waals surface area (Å²) in [5.74, 6) is 2.45. The Morgan fingerprint density at radius 1 is 0.722 bits per heavy atom. The van der Waals surface area contributed by atoms with E-state index in [1.54, 1.807) is 5.56 Å². The fraction of sp³-hybridized carbons (Fsp3) is 0.176. The van der Waals surface area contributed by atoms with Gasteiger partial charge in [0.1, 0.15) is 0 Å². The van der Waals surface area contributed by atoms with Crippen LogP contribution >= 0.6 is 11.8 Å². The Balaban J connectivity index is 2.05. The van der Waals surface area contributed by atoms with Crippen molar-refractivity contribution in [2.75, 3.05) is 5.75 Å². The van der Waals surface area contributed by atoms with Crippen LogP contribution in [0.3, 0.4) is 0 Å². The largest absolute Gasteiger partial charge is 0.157 e. The van der Waals surface area contributed by atoms with Crippen molar-refractivity contribution in [2.45, 2.75) is 12.2 Å². The summed E-state index contributed by atoms with van der Waals surface area (Å²) in [6, 6.07) is 18.1. The number of rotatable bonds is 0. The van der Waals surface area contributed by atoms with Gasteiger partial charge in [0.05, 0.1) is 0 Å². The maximum absolute atomic E-state index is 2.40. The van der Waals surface area contributed by atoms with E-state index in [4.69, 9.17) is 0 Å². The van der Waals surface area contributed by atoms with Crippen LogP contribution in [0.1, 0.15) is 11.1 Å². The van der Waals surface area contributed by atoms with Crippen LogP contribution in [0.25, 0.3) is 21.5 Å². The van der Waals surface area contributed by atoms with Crippen LogP contribution in [0, 0.1) is 0 Å². The zero-order valence-electron chi connectivity index (χ0n) is 10.1. The molecule has 88 valence electrons. The molecule has 0 fully saturated rings. The van der Waals surface area contributed by atoms with Gasteiger partial charge < -0.3 is 0 Å². The van der Waals surface area contributed by atoms with E-state index in [2.05, 4.69) is 48.5 Å². The topological polar surface area (TPSA) is 0 Å². The molecule has 1 aliphatic heterocycles. The average Bonchev–Trinajstić information content (AvgIpc) is 2.42. The van der Waals surface area contributed by atoms with Crippen molar-refractivity contribution in [1.82, 2.24) is 0 Å². The molecule has 0 N–H and O–H groups in total. The van der Waals surface area contributed by atoms with E-state index in [1.165, 1.54) is 45.0 Å². The van der Waals surface area contributed by atoms with Crippen LogP contribution in [-0.4, -0.2) is 5.75 Å². The molecule has 0 saturated heterocycles. The van der Waals surface area contributed by atoms with Gasteiger partial charge in [0.2, 0.25) is 0 Å². The number of hydrogen-bond donors (Lipinski definition) is 0. The first-order valence-electron chi connectivity index (χ1n) is 6.42. The molecular weight excluding hydrogens is 236 g/mol. The summed E-state index contributed by atoms with van der Waals surface area (Å²) < 4.78 is 0. The second-order valence-corrected chi connectivity index (χ2v) is 6.08. The molecule has 1 aliphatic rings. The van der Waals surface area contributed by atoms with Crippen molar-refractivity contribution in [1.29, 1.82) is 0 Å². The number of hydrogen-bond acceptors (Lipinski definition) is 1. The van der Waals surface area contributed by atoms with Gasteiger partial charge in [-0.05, 0) is 57.0 Å². The van der Waals surface area contributed by atoms with Crippen LogP contribution < -0.4 is 0 Å². The quantitative estimate of drug-likeness (QED) is 0.517. The second-order valence-electron chi connectivity index (χ2n) is 4.97. The van der Waals surface area contributed by atoms with Crippen LogP contribution in [0.2, 0.25) is 0 Å². The van der Waals surface area contributed by atoms with Crippen molar-refractivity contribution < 1.29 is 0 Å². The first kappa shape index (κ1) is 10.5. The lowest BCUT2D eigenvalue weighted by atomic mass is 9.97. The molecular formula is C17H14S. The van der Waals surface area contributed by atoms with E-state index in [0.717, 1.165) is 0 Å². The molecule has 4 rings (SSSR count). The van der Waals surface area contributed by atoms with Gasteiger partial charge in [0.25, 0.3) is 0 Å². The normalized spacial score (nSPS) is 14.9. The van der Waals surface area contributed by atoms with E-state index in [0.29, 0.717) is 0 Å². The van der Waals surface area contributed by atoms with Crippen LogP contribution in [0.5, 0.6) is 0 Å². The summed E-state index contributed by atoms with van der Waals surface area (Å²) in [6.45, 7) is 0. The Hall–Kier alpha value is -1.47. The van der Waals surface area contributed by atoms with Gasteiger partial charge in [0.15, 0.2) is 0 Å². The highest BCUT2D eigenvalue weighted by atomic mass is 32.2. The van der Waals surface area contributed by atoms with Crippen molar-refractivity contribution in [3.8, 4) is 0 Å². The van der Waals surface area contributed by atoms with Gasteiger partial charge in [-0.15, -0.1) is 0 Å². The van der Waals surface area contributed by atoms with E-state index >= 15 is 0 Å². The lowest BCUT2D eigenvalue weighted by molar-refractivity contribution is 1.09. The van der Waals surface area contributed by atoms with Crippen molar-refractivity contribution in [2.24, 2.45) is 0 Å². The Bertz CT molecular complexity index is 679. The van der Waals surface area contributed by atoms with Gasteiger partial charge in [-0.2, -0.15) is 11.8 Å². The first-order valence-corrected chi connectivity index (χ1v) is 7.58. The molecule has 0 spiro atoms. The molecule has 1 heteroatoms. The fourth-order valence-electron chi connectivity index (χ4n) is 2.82. The highest BCUT2D eigenvalue weighted by Gasteiger charge is 2.10. The monoisotopic (exact) mass is 250 g/mol. The molecule has 0 radical (unpaired) electrons. The predicted molar refractivity (Wildman–Crippen MR) is 81.3 cm³/mol. The summed E-state index contributed by atoms with van der Waals surface area (Å²) in [4.78, 5) is 0. The summed E-state index contributed by atoms with van der Waals surface area (Å²) in [5.41, 5.74) is 3.09. The van der Waals surface area contributed by atoms with Gasteiger partial charge in [-0.1, -0.05) is 36.4 Å². The van der Waals surface area contributed by atoms with E-state index < -0.39 is 0 Å². The van der Waals surface area contributed by atoms with Crippen LogP contribution in [-0.2, 0) is 12.2 Å². The van der Waals surface area contributed by atoms with Crippen LogP contribution in [0.15, 0.2) is 48.5 Å². The highest BCUT2D eigenvalue weighted by molar-refractivity contribution is 7.98. The molecule has 0 saturated carbocycles. The number of aryl methyl sites for hydroxylation is 1. The van der Waals surface area contributed by atoms with Crippen molar-refractivity contribution >= 4 is 33.3 Å². The smallest absolute Gasteiger partial charge is 0.0187 e. The van der Waals surface area contributed by atoms with Gasteiger partial charge in [-0.3, -0.25) is 0 Å². The minimum Gasteiger partial charge on any atom is -0.157 e. The molecule has 18 heavy (non-hydrogen) atoms. The highest BCUT2D eigenvalue weighted by Crippen LogP contribution is 2.31. The van der Waals surface area contributed by atoms with Crippen LogP contribution in [0.4, 0.5) is 0 Å². The van der Waals surface area contributed by atoms with Gasteiger partial charge in [0, 0.05) is 5.75 Å². The molecule has 0 nitrogen and oxygen atoms in total. The first-order chi connectivity index (χ1) is 8.90. The standard InChI is InChI=1S/C17H14S/c1-2-4-13-8-16-10-17-11-18-6-5-14(17)9-15(16)7-12(13)3-1/h1-4,7-10H,5-6,11H2. The zero-order valence-corrected chi connectivity index (χ0v) is 11.0. The SMILES string of the molecule is c1ccc2cc3cc4c(cc3cc2c1)CCSC4. The maximum atomic E-state index is 2.40. The Morgan fingerprint density at radius 3 is 2.11 bits per heavy atom. The van der Waals surface area contributed by atoms with E-state index in [1.807, 2.05) is 11.8 Å². The number of fused-ring (bicyclic) bond motifs is 3. The Kier molecular flexibility index (Phi) is 2.34. The van der Waals surface area contributed by atoms with Crippen molar-refractivity contribution in [3.63, 3.8) is 0 Å². The molecule has 0 atom stereocenters. The van der Waals surface area contributed by atoms with Gasteiger partial charge >= 0.3 is 0 Å². The van der Waals surface area contributed by atoms with Crippen molar-refractivity contribution in [3.05, 3.63) is 59.7 Å². The third-order valence-electron chi connectivity index (χ3n) is 3.80. The molecule has 3 aromatic carbocycles. The molecule has 0 unspecified atom stereocenters. The average molecular weight is 250 g/mol. The summed E-state index contributed by atoms with van der Waals surface area (Å²) in [7, 11) is 0. The molecule has 1 heterocycles. The summed E-state index contributed by atoms with van der Waals surface area (Å²) >= 11 is 2.05. The molecule has 0 aromatic heterocycles. The number of thioether (sulfide) groups is 1. The Morgan fingerprint density at radius 2 is 1.39 bits per heavy atom. The van der Waals surface area contributed by atoms with E-state index in [9.17, 15) is 0 Å². The minimum atomic E-state index is 1.18. The molecule has 0 aliphatic carbocycles. The molecule has 3 aromatic rings. The zero-order chi connectivity index (χ0) is 11.9. The minimum absolute atomic E-state index is 1.18. The van der Waals surface area contributed by atoms with Gasteiger partial charge in [-0.25, -0.2) is 0 Å². The summed E-state index contributed by atoms with van der Waals surface area (Å²) in [6.07, 6.45) is 1.22. The predicted octanol–water partition coefficient (Wildman–Crippen LogP) is 4.78. The third-order valence-corrected chi connectivity index (χ3v) is 4.80. The molecule has 0 amide bonds. The van der Waals surface area contributed by atoms with E-state index in [-0.39, 0.29) is 0 Å². The third kappa shape index (κ3) is 1.62. The molecule has 0 bridgehead atoms. The summed E-state index contributed by atoms with van der Waals surface area (Å²) in [5, 5.41) is 5.46. The second kappa shape index (κ2) is 4.03. The number of benzene rings is 3.